The van der Waals surface area contributed by atoms with Gasteiger partial charge in [-0.25, -0.2) is 4.39 Å². The molecule has 0 bridgehead atoms. The number of rotatable bonds is 1. The van der Waals surface area contributed by atoms with E-state index in [-0.39, 0.29) is 17.7 Å². The quantitative estimate of drug-likeness (QED) is 0.611. The molecule has 3 nitrogen and oxygen atoms in total. The Kier molecular flexibility index (Phi) is 2.15. The van der Waals surface area contributed by atoms with Gasteiger partial charge in [-0.05, 0) is 12.1 Å². The Morgan fingerprint density at radius 2 is 2.08 bits per heavy atom. The fourth-order valence-corrected chi connectivity index (χ4v) is 0.915. The summed E-state index contributed by atoms with van der Waals surface area (Å²) in [6.45, 7) is 0. The van der Waals surface area contributed by atoms with E-state index in [2.05, 4.69) is 0 Å². The SMILES string of the molecule is N#CCc1c(F)ccc(N)c1N. The smallest absolute Gasteiger partial charge is 0.129 e. The molecule has 0 saturated carbocycles. The molecule has 4 heteroatoms. The van der Waals surface area contributed by atoms with Crippen LogP contribution in [0.1, 0.15) is 5.56 Å². The van der Waals surface area contributed by atoms with Gasteiger partial charge in [0, 0.05) is 5.56 Å². The molecular formula is C8H8FN3. The average molecular weight is 165 g/mol. The lowest BCUT2D eigenvalue weighted by atomic mass is 10.1. The van der Waals surface area contributed by atoms with E-state index in [1.54, 1.807) is 0 Å². The monoisotopic (exact) mass is 165 g/mol. The topological polar surface area (TPSA) is 75.8 Å². The molecule has 0 unspecified atom stereocenters. The number of hydrogen-bond acceptors (Lipinski definition) is 3. The van der Waals surface area contributed by atoms with Gasteiger partial charge >= 0.3 is 0 Å². The number of nitrogens with zero attached hydrogens (tertiary/aromatic N) is 1. The summed E-state index contributed by atoms with van der Waals surface area (Å²) in [5.74, 6) is -0.483. The van der Waals surface area contributed by atoms with Gasteiger partial charge in [0.1, 0.15) is 5.82 Å². The lowest BCUT2D eigenvalue weighted by Gasteiger charge is -2.05. The summed E-state index contributed by atoms with van der Waals surface area (Å²) in [4.78, 5) is 0. The molecule has 0 aliphatic carbocycles. The largest absolute Gasteiger partial charge is 0.397 e. The normalized spacial score (nSPS) is 9.33. The molecule has 0 aliphatic heterocycles. The Hall–Kier alpha value is -1.76. The Morgan fingerprint density at radius 1 is 1.42 bits per heavy atom. The first-order valence-electron chi connectivity index (χ1n) is 3.36. The minimum Gasteiger partial charge on any atom is -0.397 e. The third kappa shape index (κ3) is 1.30. The molecule has 62 valence electrons. The summed E-state index contributed by atoms with van der Waals surface area (Å²) in [7, 11) is 0. The summed E-state index contributed by atoms with van der Waals surface area (Å²) >= 11 is 0. The lowest BCUT2D eigenvalue weighted by Crippen LogP contribution is -2.01. The molecule has 0 aliphatic rings. The summed E-state index contributed by atoms with van der Waals surface area (Å²) in [6, 6.07) is 4.40. The predicted octanol–water partition coefficient (Wildman–Crippen LogP) is 1.06. The number of benzene rings is 1. The van der Waals surface area contributed by atoms with Crippen LogP contribution in [0.5, 0.6) is 0 Å². The third-order valence-electron chi connectivity index (χ3n) is 1.59. The zero-order valence-electron chi connectivity index (χ0n) is 6.34. The van der Waals surface area contributed by atoms with Crippen molar-refractivity contribution in [2.75, 3.05) is 11.5 Å². The van der Waals surface area contributed by atoms with Crippen LogP contribution in [-0.2, 0) is 6.42 Å². The van der Waals surface area contributed by atoms with Crippen molar-refractivity contribution in [1.29, 1.82) is 5.26 Å². The molecule has 0 atom stereocenters. The van der Waals surface area contributed by atoms with Crippen molar-refractivity contribution < 1.29 is 4.39 Å². The van der Waals surface area contributed by atoms with Gasteiger partial charge in [0.05, 0.1) is 23.9 Å². The van der Waals surface area contributed by atoms with Crippen LogP contribution in [0.25, 0.3) is 0 Å². The first-order valence-corrected chi connectivity index (χ1v) is 3.36. The molecule has 1 rings (SSSR count). The van der Waals surface area contributed by atoms with Crippen molar-refractivity contribution in [3.05, 3.63) is 23.5 Å². The van der Waals surface area contributed by atoms with Crippen LogP contribution in [0.15, 0.2) is 12.1 Å². The molecule has 1 aromatic rings. The van der Waals surface area contributed by atoms with Crippen molar-refractivity contribution in [2.24, 2.45) is 0 Å². The van der Waals surface area contributed by atoms with Crippen LogP contribution in [0.3, 0.4) is 0 Å². The molecule has 4 N–H and O–H groups in total. The number of anilines is 2. The fraction of sp³-hybridized carbons (Fsp3) is 0.125. The standard InChI is InChI=1S/C8H8FN3/c9-6-1-2-7(11)8(12)5(6)3-4-10/h1-2H,3,11-12H2. The van der Waals surface area contributed by atoms with Gasteiger partial charge in [0.15, 0.2) is 0 Å². The van der Waals surface area contributed by atoms with Gasteiger partial charge in [-0.2, -0.15) is 5.26 Å². The zero-order valence-corrected chi connectivity index (χ0v) is 6.34. The maximum Gasteiger partial charge on any atom is 0.129 e. The van der Waals surface area contributed by atoms with E-state index in [4.69, 9.17) is 16.7 Å². The number of halogens is 1. The molecule has 0 saturated heterocycles. The maximum atomic E-state index is 12.9. The third-order valence-corrected chi connectivity index (χ3v) is 1.59. The number of hydrogen-bond donors (Lipinski definition) is 2. The van der Waals surface area contributed by atoms with Gasteiger partial charge < -0.3 is 11.5 Å². The fourth-order valence-electron chi connectivity index (χ4n) is 0.915. The highest BCUT2D eigenvalue weighted by molar-refractivity contribution is 5.67. The van der Waals surface area contributed by atoms with Crippen LogP contribution >= 0.6 is 0 Å². The van der Waals surface area contributed by atoms with Gasteiger partial charge in [0.2, 0.25) is 0 Å². The molecule has 1 aromatic carbocycles. The minimum absolute atomic E-state index is 0.0529. The zero-order chi connectivity index (χ0) is 9.14. The van der Waals surface area contributed by atoms with Crippen LogP contribution in [-0.4, -0.2) is 0 Å². The molecule has 0 radical (unpaired) electrons. The molecule has 0 amide bonds. The second kappa shape index (κ2) is 3.09. The Balaban J connectivity index is 3.25. The highest BCUT2D eigenvalue weighted by atomic mass is 19.1. The Bertz CT molecular complexity index is 341. The Morgan fingerprint density at radius 3 is 2.67 bits per heavy atom. The van der Waals surface area contributed by atoms with Gasteiger partial charge in [-0.1, -0.05) is 0 Å². The van der Waals surface area contributed by atoms with E-state index in [1.165, 1.54) is 12.1 Å². The van der Waals surface area contributed by atoms with E-state index in [0.29, 0.717) is 5.69 Å². The molecule has 12 heavy (non-hydrogen) atoms. The molecule has 0 aromatic heterocycles. The Labute approximate surface area is 69.4 Å². The van der Waals surface area contributed by atoms with Crippen LogP contribution in [0.4, 0.5) is 15.8 Å². The second-order valence-electron chi connectivity index (χ2n) is 2.36. The number of nitrogen functional groups attached to an aromatic ring is 2. The predicted molar refractivity (Wildman–Crippen MR) is 44.5 cm³/mol. The summed E-state index contributed by atoms with van der Waals surface area (Å²) in [5, 5.41) is 8.35. The second-order valence-corrected chi connectivity index (χ2v) is 2.36. The molecule has 0 heterocycles. The summed E-state index contributed by atoms with van der Waals surface area (Å²) in [5.41, 5.74) is 11.5. The highest BCUT2D eigenvalue weighted by Gasteiger charge is 2.07. The number of nitrogens with two attached hydrogens (primary N) is 2. The summed E-state index contributed by atoms with van der Waals surface area (Å²) in [6.07, 6.45) is -0.0529. The van der Waals surface area contributed by atoms with Gasteiger partial charge in [-0.15, -0.1) is 0 Å². The van der Waals surface area contributed by atoms with Crippen molar-refractivity contribution in [3.8, 4) is 6.07 Å². The van der Waals surface area contributed by atoms with E-state index in [0.717, 1.165) is 0 Å². The van der Waals surface area contributed by atoms with E-state index >= 15 is 0 Å². The first kappa shape index (κ1) is 8.34. The lowest BCUT2D eigenvalue weighted by molar-refractivity contribution is 0.616. The first-order chi connectivity index (χ1) is 5.66. The summed E-state index contributed by atoms with van der Waals surface area (Å²) < 4.78 is 12.9. The molecule has 0 spiro atoms. The van der Waals surface area contributed by atoms with Gasteiger partial charge in [-0.3, -0.25) is 0 Å². The van der Waals surface area contributed by atoms with Crippen LogP contribution < -0.4 is 11.5 Å². The van der Waals surface area contributed by atoms with Crippen molar-refractivity contribution in [1.82, 2.24) is 0 Å². The van der Waals surface area contributed by atoms with Crippen LogP contribution in [0, 0.1) is 17.1 Å². The number of nitriles is 1. The molecule has 0 fully saturated rings. The van der Waals surface area contributed by atoms with Gasteiger partial charge in [0.25, 0.3) is 0 Å². The van der Waals surface area contributed by atoms with Crippen molar-refractivity contribution in [2.45, 2.75) is 6.42 Å². The minimum atomic E-state index is -0.483. The molecular weight excluding hydrogens is 157 g/mol. The highest BCUT2D eigenvalue weighted by Crippen LogP contribution is 2.22. The van der Waals surface area contributed by atoms with Crippen molar-refractivity contribution >= 4 is 11.4 Å². The van der Waals surface area contributed by atoms with E-state index in [9.17, 15) is 4.39 Å². The van der Waals surface area contributed by atoms with Crippen LogP contribution in [0.2, 0.25) is 0 Å². The van der Waals surface area contributed by atoms with E-state index in [1.807, 2.05) is 6.07 Å². The van der Waals surface area contributed by atoms with Crippen molar-refractivity contribution in [3.63, 3.8) is 0 Å². The maximum absolute atomic E-state index is 12.9. The van der Waals surface area contributed by atoms with E-state index < -0.39 is 5.82 Å². The average Bonchev–Trinajstić information content (AvgIpc) is 2.06.